The Balaban J connectivity index is 2.58. The number of amides is 1. The number of carbonyl (C=O) groups excluding carboxylic acids is 1. The number of nitrogens with one attached hydrogen (secondary N) is 2. The highest BCUT2D eigenvalue weighted by Gasteiger charge is 2.09. The lowest BCUT2D eigenvalue weighted by Crippen LogP contribution is -2.27. The van der Waals surface area contributed by atoms with Gasteiger partial charge in [-0.1, -0.05) is 13.8 Å². The van der Waals surface area contributed by atoms with Crippen LogP contribution in [0.15, 0.2) is 6.07 Å². The summed E-state index contributed by atoms with van der Waals surface area (Å²) in [5.74, 6) is 0.680. The molecule has 0 spiro atoms. The lowest BCUT2D eigenvalue weighted by Gasteiger charge is -2.09. The quantitative estimate of drug-likeness (QED) is 0.761. The molecule has 2 N–H and O–H groups in total. The van der Waals surface area contributed by atoms with Gasteiger partial charge in [-0.2, -0.15) is 9.97 Å². The van der Waals surface area contributed by atoms with Crippen LogP contribution in [0, 0.1) is 0 Å². The molecule has 0 aliphatic heterocycles. The first-order valence-electron chi connectivity index (χ1n) is 6.05. The van der Waals surface area contributed by atoms with Crippen LogP contribution in [0.25, 0.3) is 0 Å². The van der Waals surface area contributed by atoms with Crippen molar-refractivity contribution >= 4 is 11.9 Å². The molecule has 0 saturated heterocycles. The largest absolute Gasteiger partial charge is 0.481 e. The van der Waals surface area contributed by atoms with E-state index in [0.29, 0.717) is 30.8 Å². The maximum atomic E-state index is 11.7. The topological polar surface area (TPSA) is 85.4 Å². The van der Waals surface area contributed by atoms with Gasteiger partial charge in [-0.3, -0.25) is 10.1 Å². The number of nitrogens with zero attached hydrogens (tertiary/aromatic N) is 2. The van der Waals surface area contributed by atoms with Gasteiger partial charge in [0.25, 0.3) is 0 Å². The molecule has 1 amide bonds. The minimum Gasteiger partial charge on any atom is -0.481 e. The normalized spacial score (nSPS) is 10.4. The number of rotatable bonds is 7. The Bertz CT molecular complexity index is 401. The van der Waals surface area contributed by atoms with Gasteiger partial charge in [0.1, 0.15) is 0 Å². The van der Waals surface area contributed by atoms with Gasteiger partial charge in [0.2, 0.25) is 23.6 Å². The average molecular weight is 268 g/mol. The zero-order valence-electron chi connectivity index (χ0n) is 11.7. The predicted molar refractivity (Wildman–Crippen MR) is 71.5 cm³/mol. The third kappa shape index (κ3) is 5.52. The zero-order chi connectivity index (χ0) is 14.3. The fourth-order valence-corrected chi connectivity index (χ4v) is 1.33. The van der Waals surface area contributed by atoms with E-state index in [0.717, 1.165) is 0 Å². The first-order chi connectivity index (χ1) is 9.05. The van der Waals surface area contributed by atoms with Gasteiger partial charge in [0, 0.05) is 19.0 Å². The summed E-state index contributed by atoms with van der Waals surface area (Å²) in [6.45, 7) is 4.65. The van der Waals surface area contributed by atoms with Crippen molar-refractivity contribution in [1.29, 1.82) is 0 Å². The summed E-state index contributed by atoms with van der Waals surface area (Å²) >= 11 is 0. The van der Waals surface area contributed by atoms with Crippen molar-refractivity contribution in [3.8, 4) is 11.8 Å². The second kappa shape index (κ2) is 7.52. The molecule has 0 unspecified atom stereocenters. The number of carbonyl (C=O) groups is 1. The number of ether oxygens (including phenoxy) is 2. The average Bonchev–Trinajstić information content (AvgIpc) is 2.37. The zero-order valence-corrected chi connectivity index (χ0v) is 11.7. The summed E-state index contributed by atoms with van der Waals surface area (Å²) in [6, 6.07) is 1.89. The fraction of sp³-hybridized carbons (Fsp3) is 0.583. The molecule has 1 aromatic heterocycles. The molecule has 7 heteroatoms. The molecule has 0 aromatic carbocycles. The van der Waals surface area contributed by atoms with Crippen molar-refractivity contribution in [2.45, 2.75) is 26.3 Å². The highest BCUT2D eigenvalue weighted by molar-refractivity contribution is 5.89. The highest BCUT2D eigenvalue weighted by atomic mass is 16.5. The molecule has 106 valence electrons. The number of methoxy groups -OCH3 is 2. The molecule has 0 radical (unpaired) electrons. The van der Waals surface area contributed by atoms with E-state index in [1.165, 1.54) is 20.3 Å². The summed E-state index contributed by atoms with van der Waals surface area (Å²) in [5, 5.41) is 5.76. The van der Waals surface area contributed by atoms with Crippen LogP contribution in [0.4, 0.5) is 5.95 Å². The first kappa shape index (κ1) is 15.2. The number of hydrogen-bond donors (Lipinski definition) is 2. The monoisotopic (exact) mass is 268 g/mol. The third-order valence-electron chi connectivity index (χ3n) is 2.25. The van der Waals surface area contributed by atoms with Crippen LogP contribution in [0.2, 0.25) is 0 Å². The molecule has 0 aliphatic rings. The summed E-state index contributed by atoms with van der Waals surface area (Å²) in [4.78, 5) is 19.7. The standard InChI is InChI=1S/C12H20N4O3/c1-8(2)13-6-5-9(17)14-12-15-10(18-3)7-11(16-12)19-4/h7-8,13H,5-6H2,1-4H3,(H,14,15,16,17). The van der Waals surface area contributed by atoms with Crippen LogP contribution in [0.1, 0.15) is 20.3 Å². The van der Waals surface area contributed by atoms with E-state index < -0.39 is 0 Å². The second-order valence-corrected chi connectivity index (χ2v) is 4.18. The van der Waals surface area contributed by atoms with Gasteiger partial charge in [0.05, 0.1) is 20.3 Å². The van der Waals surface area contributed by atoms with E-state index in [9.17, 15) is 4.79 Å². The van der Waals surface area contributed by atoms with Crippen LogP contribution in [0.3, 0.4) is 0 Å². The Morgan fingerprint density at radius 2 is 1.84 bits per heavy atom. The lowest BCUT2D eigenvalue weighted by atomic mass is 10.3. The van der Waals surface area contributed by atoms with Gasteiger partial charge in [0.15, 0.2) is 0 Å². The molecule has 7 nitrogen and oxygen atoms in total. The fourth-order valence-electron chi connectivity index (χ4n) is 1.33. The van der Waals surface area contributed by atoms with Crippen LogP contribution in [0.5, 0.6) is 11.8 Å². The Kier molecular flexibility index (Phi) is 6.01. The molecule has 0 saturated carbocycles. The SMILES string of the molecule is COc1cc(OC)nc(NC(=O)CCNC(C)C)n1. The van der Waals surface area contributed by atoms with Crippen LogP contribution >= 0.6 is 0 Å². The maximum Gasteiger partial charge on any atom is 0.236 e. The minimum absolute atomic E-state index is 0.163. The molecule has 1 aromatic rings. The van der Waals surface area contributed by atoms with Crippen molar-refractivity contribution in [1.82, 2.24) is 15.3 Å². The van der Waals surface area contributed by atoms with Gasteiger partial charge in [-0.05, 0) is 0 Å². The molecule has 1 rings (SSSR count). The first-order valence-corrected chi connectivity index (χ1v) is 6.05. The van der Waals surface area contributed by atoms with Gasteiger partial charge in [-0.25, -0.2) is 0 Å². The Morgan fingerprint density at radius 1 is 1.26 bits per heavy atom. The molecule has 0 bridgehead atoms. The van der Waals surface area contributed by atoms with Gasteiger partial charge in [-0.15, -0.1) is 0 Å². The Hall–Kier alpha value is -1.89. The smallest absolute Gasteiger partial charge is 0.236 e. The number of hydrogen-bond acceptors (Lipinski definition) is 6. The number of aromatic nitrogens is 2. The third-order valence-corrected chi connectivity index (χ3v) is 2.25. The van der Waals surface area contributed by atoms with E-state index in [1.807, 2.05) is 13.8 Å². The summed E-state index contributed by atoms with van der Waals surface area (Å²) in [5.41, 5.74) is 0. The molecule has 19 heavy (non-hydrogen) atoms. The van der Waals surface area contributed by atoms with Crippen LogP contribution in [-0.4, -0.2) is 42.7 Å². The van der Waals surface area contributed by atoms with E-state index >= 15 is 0 Å². The second-order valence-electron chi connectivity index (χ2n) is 4.18. The van der Waals surface area contributed by atoms with Crippen molar-refractivity contribution in [3.63, 3.8) is 0 Å². The van der Waals surface area contributed by atoms with E-state index in [2.05, 4.69) is 20.6 Å². The predicted octanol–water partition coefficient (Wildman–Crippen LogP) is 0.820. The summed E-state index contributed by atoms with van der Waals surface area (Å²) in [6.07, 6.45) is 0.348. The Morgan fingerprint density at radius 3 is 2.32 bits per heavy atom. The van der Waals surface area contributed by atoms with Crippen LogP contribution < -0.4 is 20.1 Å². The van der Waals surface area contributed by atoms with Crippen molar-refractivity contribution in [2.24, 2.45) is 0 Å². The van der Waals surface area contributed by atoms with E-state index in [-0.39, 0.29) is 11.9 Å². The van der Waals surface area contributed by atoms with Crippen LogP contribution in [-0.2, 0) is 4.79 Å². The van der Waals surface area contributed by atoms with E-state index in [1.54, 1.807) is 0 Å². The summed E-state index contributed by atoms with van der Waals surface area (Å²) in [7, 11) is 2.97. The summed E-state index contributed by atoms with van der Waals surface area (Å²) < 4.78 is 9.99. The minimum atomic E-state index is -0.163. The molecule has 0 atom stereocenters. The van der Waals surface area contributed by atoms with Crippen molar-refractivity contribution in [2.75, 3.05) is 26.1 Å². The molecule has 0 aliphatic carbocycles. The number of anilines is 1. The van der Waals surface area contributed by atoms with Crippen molar-refractivity contribution in [3.05, 3.63) is 6.07 Å². The van der Waals surface area contributed by atoms with Gasteiger partial charge >= 0.3 is 0 Å². The van der Waals surface area contributed by atoms with Crippen molar-refractivity contribution < 1.29 is 14.3 Å². The Labute approximate surface area is 112 Å². The molecular formula is C12H20N4O3. The van der Waals surface area contributed by atoms with E-state index in [4.69, 9.17) is 9.47 Å². The highest BCUT2D eigenvalue weighted by Crippen LogP contribution is 2.17. The maximum absolute atomic E-state index is 11.7. The lowest BCUT2D eigenvalue weighted by molar-refractivity contribution is -0.116. The molecular weight excluding hydrogens is 248 g/mol. The molecule has 0 fully saturated rings. The molecule has 1 heterocycles. The van der Waals surface area contributed by atoms with Gasteiger partial charge < -0.3 is 14.8 Å².